The standard InChI is InChI=1S/C18H35N5O4/c1-17(2,3)26-15(24)21-10-9-20-14(19-7)23-11-8-13(12-23)22-16(25)27-18(4,5)6/h13H,8-12H2,1-7H3,(H,19,20)(H,21,24)(H,22,25). The summed E-state index contributed by atoms with van der Waals surface area (Å²) < 4.78 is 10.5. The maximum atomic E-state index is 11.9. The third-order valence-corrected chi connectivity index (χ3v) is 3.50. The lowest BCUT2D eigenvalue weighted by molar-refractivity contribution is 0.0502. The summed E-state index contributed by atoms with van der Waals surface area (Å²) >= 11 is 0. The predicted molar refractivity (Wildman–Crippen MR) is 105 cm³/mol. The van der Waals surface area contributed by atoms with E-state index in [0.717, 1.165) is 18.9 Å². The van der Waals surface area contributed by atoms with Gasteiger partial charge in [0.25, 0.3) is 0 Å². The largest absolute Gasteiger partial charge is 0.444 e. The van der Waals surface area contributed by atoms with E-state index in [9.17, 15) is 9.59 Å². The first-order valence-electron chi connectivity index (χ1n) is 9.31. The van der Waals surface area contributed by atoms with Gasteiger partial charge in [0.05, 0.1) is 6.04 Å². The molecule has 9 heteroatoms. The number of carbonyl (C=O) groups excluding carboxylic acids is 2. The van der Waals surface area contributed by atoms with Crippen LogP contribution in [0.15, 0.2) is 4.99 Å². The van der Waals surface area contributed by atoms with Gasteiger partial charge >= 0.3 is 12.2 Å². The minimum Gasteiger partial charge on any atom is -0.444 e. The van der Waals surface area contributed by atoms with Crippen LogP contribution in [-0.4, -0.2) is 73.5 Å². The topological polar surface area (TPSA) is 104 Å². The third kappa shape index (κ3) is 9.91. The number of nitrogens with one attached hydrogen (secondary N) is 3. The molecule has 0 aliphatic carbocycles. The lowest BCUT2D eigenvalue weighted by atomic mass is 10.2. The van der Waals surface area contributed by atoms with Crippen molar-refractivity contribution in [2.45, 2.75) is 65.2 Å². The van der Waals surface area contributed by atoms with Crippen molar-refractivity contribution < 1.29 is 19.1 Å². The van der Waals surface area contributed by atoms with Crippen molar-refractivity contribution in [3.63, 3.8) is 0 Å². The summed E-state index contributed by atoms with van der Waals surface area (Å²) in [7, 11) is 1.71. The van der Waals surface area contributed by atoms with Crippen molar-refractivity contribution in [1.82, 2.24) is 20.9 Å². The van der Waals surface area contributed by atoms with Crippen LogP contribution in [0, 0.1) is 0 Å². The molecule has 0 spiro atoms. The second-order valence-electron chi connectivity index (χ2n) is 8.48. The molecule has 9 nitrogen and oxygen atoms in total. The van der Waals surface area contributed by atoms with Crippen LogP contribution in [0.1, 0.15) is 48.0 Å². The molecule has 1 atom stereocenters. The fraction of sp³-hybridized carbons (Fsp3) is 0.833. The predicted octanol–water partition coefficient (Wildman–Crippen LogP) is 1.69. The molecular weight excluding hydrogens is 350 g/mol. The van der Waals surface area contributed by atoms with Gasteiger partial charge in [-0.2, -0.15) is 0 Å². The van der Waals surface area contributed by atoms with Gasteiger partial charge in [0.15, 0.2) is 5.96 Å². The Bertz CT molecular complexity index is 537. The Kier molecular flexibility index (Phi) is 8.18. The molecule has 1 aliphatic heterocycles. The van der Waals surface area contributed by atoms with Crippen LogP contribution in [0.4, 0.5) is 9.59 Å². The highest BCUT2D eigenvalue weighted by molar-refractivity contribution is 5.80. The van der Waals surface area contributed by atoms with Crippen molar-refractivity contribution in [1.29, 1.82) is 0 Å². The molecular formula is C18H35N5O4. The Balaban J connectivity index is 2.33. The van der Waals surface area contributed by atoms with Crippen LogP contribution in [0.3, 0.4) is 0 Å². The van der Waals surface area contributed by atoms with E-state index in [4.69, 9.17) is 9.47 Å². The summed E-state index contributed by atoms with van der Waals surface area (Å²) in [4.78, 5) is 29.8. The fourth-order valence-electron chi connectivity index (χ4n) is 2.53. The van der Waals surface area contributed by atoms with Gasteiger partial charge in [-0.15, -0.1) is 0 Å². The number of hydrogen-bond donors (Lipinski definition) is 3. The Morgan fingerprint density at radius 1 is 1.00 bits per heavy atom. The molecule has 3 N–H and O–H groups in total. The summed E-state index contributed by atoms with van der Waals surface area (Å²) in [5.74, 6) is 0.731. The number of guanidine groups is 1. The highest BCUT2D eigenvalue weighted by atomic mass is 16.6. The van der Waals surface area contributed by atoms with Gasteiger partial charge in [0.2, 0.25) is 0 Å². The van der Waals surface area contributed by atoms with Crippen LogP contribution in [-0.2, 0) is 9.47 Å². The van der Waals surface area contributed by atoms with Crippen LogP contribution in [0.25, 0.3) is 0 Å². The molecule has 156 valence electrons. The molecule has 1 saturated heterocycles. The zero-order valence-corrected chi connectivity index (χ0v) is 17.6. The second-order valence-corrected chi connectivity index (χ2v) is 8.48. The Labute approximate surface area is 162 Å². The third-order valence-electron chi connectivity index (χ3n) is 3.50. The highest BCUT2D eigenvalue weighted by Crippen LogP contribution is 2.12. The van der Waals surface area contributed by atoms with Crippen molar-refractivity contribution in [3.05, 3.63) is 0 Å². The number of ether oxygens (including phenoxy) is 2. The molecule has 0 aromatic heterocycles. The van der Waals surface area contributed by atoms with Crippen molar-refractivity contribution >= 4 is 18.1 Å². The first-order valence-corrected chi connectivity index (χ1v) is 9.31. The van der Waals surface area contributed by atoms with Gasteiger partial charge in [-0.1, -0.05) is 0 Å². The first kappa shape index (κ1) is 22.9. The van der Waals surface area contributed by atoms with E-state index in [-0.39, 0.29) is 6.04 Å². The Morgan fingerprint density at radius 3 is 2.11 bits per heavy atom. The molecule has 1 aliphatic rings. The van der Waals surface area contributed by atoms with Crippen molar-refractivity contribution in [2.75, 3.05) is 33.2 Å². The van der Waals surface area contributed by atoms with Crippen molar-refractivity contribution in [3.8, 4) is 0 Å². The lowest BCUT2D eigenvalue weighted by Gasteiger charge is -2.23. The molecule has 0 saturated carbocycles. The number of hydrogen-bond acceptors (Lipinski definition) is 5. The molecule has 27 heavy (non-hydrogen) atoms. The zero-order chi connectivity index (χ0) is 20.7. The average molecular weight is 386 g/mol. The Morgan fingerprint density at radius 2 is 1.56 bits per heavy atom. The molecule has 1 rings (SSSR count). The van der Waals surface area contributed by atoms with Crippen LogP contribution in [0.5, 0.6) is 0 Å². The molecule has 0 aromatic carbocycles. The number of amides is 2. The highest BCUT2D eigenvalue weighted by Gasteiger charge is 2.27. The van der Waals surface area contributed by atoms with E-state index in [1.807, 2.05) is 41.5 Å². The minimum atomic E-state index is -0.515. The smallest absolute Gasteiger partial charge is 0.407 e. The number of nitrogens with zero attached hydrogens (tertiary/aromatic N) is 2. The number of aliphatic imine (C=N–C) groups is 1. The molecule has 1 fully saturated rings. The van der Waals surface area contributed by atoms with Gasteiger partial charge < -0.3 is 30.3 Å². The van der Waals surface area contributed by atoms with Crippen LogP contribution < -0.4 is 16.0 Å². The number of rotatable bonds is 4. The van der Waals surface area contributed by atoms with E-state index in [1.54, 1.807) is 7.05 Å². The number of carbonyl (C=O) groups is 2. The Hall–Kier alpha value is -2.19. The molecule has 1 heterocycles. The van der Waals surface area contributed by atoms with Crippen LogP contribution >= 0.6 is 0 Å². The summed E-state index contributed by atoms with van der Waals surface area (Å²) in [6.45, 7) is 13.3. The average Bonchev–Trinajstić information content (AvgIpc) is 2.91. The van der Waals surface area contributed by atoms with Gasteiger partial charge in [-0.05, 0) is 48.0 Å². The van der Waals surface area contributed by atoms with E-state index < -0.39 is 23.4 Å². The molecule has 2 amide bonds. The van der Waals surface area contributed by atoms with E-state index >= 15 is 0 Å². The summed E-state index contributed by atoms with van der Waals surface area (Å²) in [6.07, 6.45) is -0.0308. The molecule has 0 bridgehead atoms. The van der Waals surface area contributed by atoms with E-state index in [0.29, 0.717) is 19.6 Å². The molecule has 1 unspecified atom stereocenters. The van der Waals surface area contributed by atoms with Gasteiger partial charge in [0.1, 0.15) is 11.2 Å². The monoisotopic (exact) mass is 385 g/mol. The van der Waals surface area contributed by atoms with E-state index in [2.05, 4.69) is 25.8 Å². The van der Waals surface area contributed by atoms with Gasteiger partial charge in [0, 0.05) is 33.2 Å². The molecule has 0 radical (unpaired) electrons. The fourth-order valence-corrected chi connectivity index (χ4v) is 2.53. The second kappa shape index (κ2) is 9.66. The SMILES string of the molecule is CN=C(NCCNC(=O)OC(C)(C)C)N1CCC(NC(=O)OC(C)(C)C)C1. The number of likely N-dealkylation sites (tertiary alicyclic amines) is 1. The summed E-state index contributed by atoms with van der Waals surface area (Å²) in [5.41, 5.74) is -1.03. The van der Waals surface area contributed by atoms with Crippen LogP contribution in [0.2, 0.25) is 0 Å². The molecule has 0 aromatic rings. The maximum absolute atomic E-state index is 11.9. The summed E-state index contributed by atoms with van der Waals surface area (Å²) in [6, 6.07) is 0.0123. The normalized spacial score (nSPS) is 18.1. The minimum absolute atomic E-state index is 0.0123. The van der Waals surface area contributed by atoms with E-state index in [1.165, 1.54) is 0 Å². The maximum Gasteiger partial charge on any atom is 0.407 e. The van der Waals surface area contributed by atoms with Gasteiger partial charge in [-0.3, -0.25) is 4.99 Å². The first-order chi connectivity index (χ1) is 12.4. The quantitative estimate of drug-likeness (QED) is 0.386. The lowest BCUT2D eigenvalue weighted by Crippen LogP contribution is -2.46. The summed E-state index contributed by atoms with van der Waals surface area (Å²) in [5, 5.41) is 8.79. The van der Waals surface area contributed by atoms with Crippen molar-refractivity contribution in [2.24, 2.45) is 4.99 Å². The van der Waals surface area contributed by atoms with Gasteiger partial charge in [-0.25, -0.2) is 9.59 Å². The number of alkyl carbamates (subject to hydrolysis) is 2. The zero-order valence-electron chi connectivity index (χ0n) is 17.6.